The SMILES string of the molecule is CN/C(=N\C#N)N[C@H]1CC[C@](CNc2nccc3ccccc23)(c2ccccc2)CC1. The Kier molecular flexibility index (Phi) is 6.32. The van der Waals surface area contributed by atoms with Crippen LogP contribution >= 0.6 is 0 Å². The maximum absolute atomic E-state index is 8.85. The van der Waals surface area contributed by atoms with Gasteiger partial charge in [0.25, 0.3) is 0 Å². The van der Waals surface area contributed by atoms with Crippen LogP contribution in [0.25, 0.3) is 10.8 Å². The van der Waals surface area contributed by atoms with E-state index >= 15 is 0 Å². The molecule has 4 rings (SSSR count). The van der Waals surface area contributed by atoms with Crippen molar-refractivity contribution in [1.29, 1.82) is 5.26 Å². The van der Waals surface area contributed by atoms with Gasteiger partial charge in [0.05, 0.1) is 0 Å². The van der Waals surface area contributed by atoms with Gasteiger partial charge in [0, 0.05) is 36.6 Å². The Hall–Kier alpha value is -3.59. The first kappa shape index (κ1) is 20.7. The minimum Gasteiger partial charge on any atom is -0.369 e. The molecule has 1 saturated carbocycles. The van der Waals surface area contributed by atoms with E-state index in [9.17, 15) is 0 Å². The largest absolute Gasteiger partial charge is 0.369 e. The van der Waals surface area contributed by atoms with Crippen LogP contribution in [0.2, 0.25) is 0 Å². The molecule has 0 saturated heterocycles. The number of anilines is 1. The molecule has 1 fully saturated rings. The third kappa shape index (κ3) is 4.61. The number of pyridine rings is 1. The Morgan fingerprint density at radius 1 is 1.10 bits per heavy atom. The van der Waals surface area contributed by atoms with E-state index in [2.05, 4.69) is 80.5 Å². The highest BCUT2D eigenvalue weighted by Gasteiger charge is 2.37. The first-order valence-corrected chi connectivity index (χ1v) is 10.8. The highest BCUT2D eigenvalue weighted by atomic mass is 15.2. The van der Waals surface area contributed by atoms with Crippen molar-refractivity contribution in [3.63, 3.8) is 0 Å². The molecule has 1 aromatic heterocycles. The third-order valence-electron chi connectivity index (χ3n) is 6.34. The molecule has 0 unspecified atom stereocenters. The molecule has 1 heterocycles. The minimum atomic E-state index is 0.0320. The van der Waals surface area contributed by atoms with Crippen LogP contribution in [0, 0.1) is 11.5 Å². The Morgan fingerprint density at radius 2 is 1.84 bits per heavy atom. The summed E-state index contributed by atoms with van der Waals surface area (Å²) in [6.07, 6.45) is 7.81. The average Bonchev–Trinajstić information content (AvgIpc) is 2.84. The number of guanidine groups is 1. The third-order valence-corrected chi connectivity index (χ3v) is 6.34. The highest BCUT2D eigenvalue weighted by Crippen LogP contribution is 2.40. The van der Waals surface area contributed by atoms with Crippen LogP contribution in [0.5, 0.6) is 0 Å². The fourth-order valence-corrected chi connectivity index (χ4v) is 4.59. The molecule has 6 heteroatoms. The second kappa shape index (κ2) is 9.48. The molecule has 1 aliphatic rings. The van der Waals surface area contributed by atoms with Gasteiger partial charge in [-0.25, -0.2) is 4.98 Å². The molecule has 31 heavy (non-hydrogen) atoms. The average molecular weight is 413 g/mol. The summed E-state index contributed by atoms with van der Waals surface area (Å²) in [6, 6.07) is 21.5. The van der Waals surface area contributed by atoms with Gasteiger partial charge in [-0.05, 0) is 42.7 Å². The molecule has 0 atom stereocenters. The van der Waals surface area contributed by atoms with Gasteiger partial charge in [0.2, 0.25) is 12.2 Å². The van der Waals surface area contributed by atoms with Gasteiger partial charge in [-0.2, -0.15) is 5.26 Å². The summed E-state index contributed by atoms with van der Waals surface area (Å²) < 4.78 is 0. The first-order chi connectivity index (χ1) is 15.2. The lowest BCUT2D eigenvalue weighted by Gasteiger charge is -2.41. The number of nitriles is 1. The summed E-state index contributed by atoms with van der Waals surface area (Å²) in [4.78, 5) is 8.44. The monoisotopic (exact) mass is 412 g/mol. The number of fused-ring (bicyclic) bond motifs is 1. The van der Waals surface area contributed by atoms with Crippen LogP contribution < -0.4 is 16.0 Å². The van der Waals surface area contributed by atoms with Gasteiger partial charge in [-0.3, -0.25) is 0 Å². The zero-order valence-electron chi connectivity index (χ0n) is 17.8. The van der Waals surface area contributed by atoms with Gasteiger partial charge < -0.3 is 16.0 Å². The lowest BCUT2D eigenvalue weighted by molar-refractivity contribution is 0.271. The topological polar surface area (TPSA) is 85.1 Å². The predicted octanol–water partition coefficient (Wildman–Crippen LogP) is 4.17. The normalized spacial score (nSPS) is 21.3. The van der Waals surface area contributed by atoms with Crippen molar-refractivity contribution in [2.75, 3.05) is 18.9 Å². The van der Waals surface area contributed by atoms with Crippen molar-refractivity contribution >= 4 is 22.5 Å². The minimum absolute atomic E-state index is 0.0320. The van der Waals surface area contributed by atoms with Crippen LogP contribution in [0.3, 0.4) is 0 Å². The molecule has 1 aliphatic carbocycles. The number of benzene rings is 2. The maximum atomic E-state index is 8.85. The summed E-state index contributed by atoms with van der Waals surface area (Å²) >= 11 is 0. The fraction of sp³-hybridized carbons (Fsp3) is 0.320. The van der Waals surface area contributed by atoms with E-state index in [1.54, 1.807) is 7.05 Å². The molecule has 6 nitrogen and oxygen atoms in total. The number of nitrogens with zero attached hydrogens (tertiary/aromatic N) is 3. The Labute approximate surface area is 183 Å². The van der Waals surface area contributed by atoms with Crippen molar-refractivity contribution in [3.8, 4) is 6.19 Å². The molecular formula is C25H28N6. The van der Waals surface area contributed by atoms with E-state index in [1.165, 1.54) is 10.9 Å². The second-order valence-corrected chi connectivity index (χ2v) is 8.11. The fourth-order valence-electron chi connectivity index (χ4n) is 4.59. The van der Waals surface area contributed by atoms with E-state index in [4.69, 9.17) is 5.26 Å². The van der Waals surface area contributed by atoms with Crippen LogP contribution in [0.1, 0.15) is 31.2 Å². The van der Waals surface area contributed by atoms with Gasteiger partial charge in [-0.1, -0.05) is 54.6 Å². The van der Waals surface area contributed by atoms with Crippen LogP contribution in [-0.4, -0.2) is 30.6 Å². The lowest BCUT2D eigenvalue weighted by atomic mass is 9.68. The zero-order valence-corrected chi connectivity index (χ0v) is 17.8. The van der Waals surface area contributed by atoms with Crippen molar-refractivity contribution in [2.45, 2.75) is 37.1 Å². The number of nitrogens with one attached hydrogen (secondary N) is 3. The van der Waals surface area contributed by atoms with E-state index < -0.39 is 0 Å². The predicted molar refractivity (Wildman–Crippen MR) is 126 cm³/mol. The van der Waals surface area contributed by atoms with Crippen LogP contribution in [0.15, 0.2) is 71.9 Å². The summed E-state index contributed by atoms with van der Waals surface area (Å²) in [5.41, 5.74) is 1.39. The van der Waals surface area contributed by atoms with Gasteiger partial charge in [0.1, 0.15) is 5.82 Å². The Morgan fingerprint density at radius 3 is 2.58 bits per heavy atom. The molecule has 0 bridgehead atoms. The van der Waals surface area contributed by atoms with E-state index in [1.807, 2.05) is 18.5 Å². The Bertz CT molecular complexity index is 1070. The summed E-state index contributed by atoms with van der Waals surface area (Å²) in [5, 5.41) is 21.2. The van der Waals surface area contributed by atoms with E-state index in [-0.39, 0.29) is 5.41 Å². The molecule has 0 spiro atoms. The van der Waals surface area contributed by atoms with Gasteiger partial charge >= 0.3 is 0 Å². The van der Waals surface area contributed by atoms with Crippen LogP contribution in [-0.2, 0) is 5.41 Å². The first-order valence-electron chi connectivity index (χ1n) is 10.8. The number of aromatic nitrogens is 1. The maximum Gasteiger partial charge on any atom is 0.209 e. The molecule has 158 valence electrons. The highest BCUT2D eigenvalue weighted by molar-refractivity contribution is 5.91. The van der Waals surface area contributed by atoms with Crippen molar-refractivity contribution in [2.24, 2.45) is 4.99 Å². The second-order valence-electron chi connectivity index (χ2n) is 8.11. The quantitative estimate of drug-likeness (QED) is 0.333. The van der Waals surface area contributed by atoms with E-state index in [0.717, 1.165) is 43.4 Å². The number of aliphatic imine (C=N–C) groups is 1. The number of rotatable bonds is 5. The summed E-state index contributed by atoms with van der Waals surface area (Å²) in [5.74, 6) is 1.48. The molecule has 0 amide bonds. The van der Waals surface area contributed by atoms with Gasteiger partial charge in [-0.15, -0.1) is 4.99 Å². The molecule has 0 aliphatic heterocycles. The van der Waals surface area contributed by atoms with E-state index in [0.29, 0.717) is 12.0 Å². The lowest BCUT2D eigenvalue weighted by Crippen LogP contribution is -2.47. The van der Waals surface area contributed by atoms with Gasteiger partial charge in [0.15, 0.2) is 0 Å². The molecular weight excluding hydrogens is 384 g/mol. The molecule has 2 aromatic carbocycles. The molecule has 0 radical (unpaired) electrons. The number of hydrogen-bond acceptors (Lipinski definition) is 4. The Balaban J connectivity index is 1.54. The molecule has 3 N–H and O–H groups in total. The number of hydrogen-bond donors (Lipinski definition) is 3. The standard InChI is InChI=1S/C25H28N6/c1-27-24(30-18-26)31-21-11-14-25(15-12-21,20-8-3-2-4-9-20)17-29-23-22-10-6-5-7-19(22)13-16-28-23/h2-10,13,16,21H,11-12,14-15,17H2,1H3,(H,28,29)(H2,27,30,31)/t21-,25-. The van der Waals surface area contributed by atoms with Crippen molar-refractivity contribution in [3.05, 3.63) is 72.4 Å². The zero-order chi connectivity index (χ0) is 21.5. The molecule has 3 aromatic rings. The summed E-state index contributed by atoms with van der Waals surface area (Å²) in [6.45, 7) is 0.829. The van der Waals surface area contributed by atoms with Crippen molar-refractivity contribution < 1.29 is 0 Å². The van der Waals surface area contributed by atoms with Crippen molar-refractivity contribution in [1.82, 2.24) is 15.6 Å². The van der Waals surface area contributed by atoms with Crippen LogP contribution in [0.4, 0.5) is 5.82 Å². The smallest absolute Gasteiger partial charge is 0.209 e. The summed E-state index contributed by atoms with van der Waals surface area (Å²) in [7, 11) is 1.78.